The van der Waals surface area contributed by atoms with Crippen LogP contribution in [-0.4, -0.2) is 16.9 Å². The molecule has 0 unspecified atom stereocenters. The maximum absolute atomic E-state index is 6.11. The van der Waals surface area contributed by atoms with E-state index >= 15 is 0 Å². The summed E-state index contributed by atoms with van der Waals surface area (Å²) >= 11 is 3.45. The van der Waals surface area contributed by atoms with E-state index < -0.39 is 0 Å². The molecule has 0 aliphatic carbocycles. The quantitative estimate of drug-likeness (QED) is 0.939. The van der Waals surface area contributed by atoms with Crippen LogP contribution < -0.4 is 10.5 Å². The highest BCUT2D eigenvalue weighted by Crippen LogP contribution is 2.38. The molecule has 0 fully saturated rings. The number of anilines is 1. The molecule has 0 saturated carbocycles. The van der Waals surface area contributed by atoms with Crippen LogP contribution in [0.1, 0.15) is 25.3 Å². The van der Waals surface area contributed by atoms with Gasteiger partial charge in [0, 0.05) is 22.6 Å². The van der Waals surface area contributed by atoms with Crippen molar-refractivity contribution in [1.82, 2.24) is 9.78 Å². The maximum atomic E-state index is 6.11. The molecule has 19 heavy (non-hydrogen) atoms. The summed E-state index contributed by atoms with van der Waals surface area (Å²) in [5, 5.41) is 4.54. The second-order valence-corrected chi connectivity index (χ2v) is 5.69. The summed E-state index contributed by atoms with van der Waals surface area (Å²) in [7, 11) is 3.52. The van der Waals surface area contributed by atoms with Crippen molar-refractivity contribution >= 4 is 21.7 Å². The lowest BCUT2D eigenvalue weighted by Gasteiger charge is -2.11. The van der Waals surface area contributed by atoms with Crippen LogP contribution in [0.3, 0.4) is 0 Å². The molecule has 102 valence electrons. The fourth-order valence-corrected chi connectivity index (χ4v) is 2.52. The van der Waals surface area contributed by atoms with Gasteiger partial charge in [-0.2, -0.15) is 5.10 Å². The summed E-state index contributed by atoms with van der Waals surface area (Å²) in [6.07, 6.45) is 0. The highest BCUT2D eigenvalue weighted by Gasteiger charge is 2.20. The number of nitrogens with zero attached hydrogens (tertiary/aromatic N) is 2. The van der Waals surface area contributed by atoms with E-state index in [1.165, 1.54) is 0 Å². The summed E-state index contributed by atoms with van der Waals surface area (Å²) in [6.45, 7) is 4.23. The summed E-state index contributed by atoms with van der Waals surface area (Å²) in [5.74, 6) is 1.79. The average molecular weight is 324 g/mol. The molecular weight excluding hydrogens is 306 g/mol. The van der Waals surface area contributed by atoms with Crippen molar-refractivity contribution < 1.29 is 4.74 Å². The molecule has 0 bridgehead atoms. The number of rotatable bonds is 3. The van der Waals surface area contributed by atoms with Crippen molar-refractivity contribution in [2.24, 2.45) is 7.05 Å². The molecule has 2 rings (SSSR count). The molecule has 0 saturated heterocycles. The van der Waals surface area contributed by atoms with Crippen molar-refractivity contribution in [3.63, 3.8) is 0 Å². The standard InChI is InChI=1S/C14H18BrN3O/c1-8(2)12-13(17-18(3)14(12)16)10-6-5-9(15)7-11(10)19-4/h5-8H,16H2,1-4H3. The van der Waals surface area contributed by atoms with E-state index in [1.54, 1.807) is 11.8 Å². The topological polar surface area (TPSA) is 53.1 Å². The number of nitrogen functional groups attached to an aromatic ring is 1. The average Bonchev–Trinajstić information content (AvgIpc) is 2.65. The van der Waals surface area contributed by atoms with Crippen molar-refractivity contribution in [3.05, 3.63) is 28.2 Å². The number of ether oxygens (including phenoxy) is 1. The minimum absolute atomic E-state index is 0.303. The van der Waals surface area contributed by atoms with Gasteiger partial charge in [0.2, 0.25) is 0 Å². The third-order valence-electron chi connectivity index (χ3n) is 3.13. The highest BCUT2D eigenvalue weighted by atomic mass is 79.9. The van der Waals surface area contributed by atoms with Crippen molar-refractivity contribution in [3.8, 4) is 17.0 Å². The van der Waals surface area contributed by atoms with Crippen LogP contribution in [0.5, 0.6) is 5.75 Å². The monoisotopic (exact) mass is 323 g/mol. The fourth-order valence-electron chi connectivity index (χ4n) is 2.18. The number of nitrogens with two attached hydrogens (primary N) is 1. The molecule has 2 aromatic rings. The van der Waals surface area contributed by atoms with Crippen molar-refractivity contribution in [1.29, 1.82) is 0 Å². The zero-order valence-electron chi connectivity index (χ0n) is 11.6. The minimum Gasteiger partial charge on any atom is -0.496 e. The zero-order valence-corrected chi connectivity index (χ0v) is 13.2. The Hall–Kier alpha value is -1.49. The zero-order chi connectivity index (χ0) is 14.2. The third-order valence-corrected chi connectivity index (χ3v) is 3.62. The molecule has 0 aliphatic heterocycles. The van der Waals surface area contributed by atoms with E-state index in [0.29, 0.717) is 11.7 Å². The Balaban J connectivity index is 2.68. The molecule has 5 heteroatoms. The molecule has 1 aromatic heterocycles. The Morgan fingerprint density at radius 3 is 2.63 bits per heavy atom. The molecule has 0 atom stereocenters. The number of aryl methyl sites for hydroxylation is 1. The number of benzene rings is 1. The van der Waals surface area contributed by atoms with Crippen LogP contribution >= 0.6 is 15.9 Å². The van der Waals surface area contributed by atoms with Crippen LogP contribution in [0.15, 0.2) is 22.7 Å². The van der Waals surface area contributed by atoms with E-state index in [2.05, 4.69) is 34.9 Å². The molecule has 4 nitrogen and oxygen atoms in total. The predicted octanol–water partition coefficient (Wildman–Crippen LogP) is 3.56. The number of halogens is 1. The molecule has 0 spiro atoms. The van der Waals surface area contributed by atoms with Crippen LogP contribution in [0.25, 0.3) is 11.3 Å². The van der Waals surface area contributed by atoms with Crippen LogP contribution in [0, 0.1) is 0 Å². The van der Waals surface area contributed by atoms with Gasteiger partial charge in [0.05, 0.1) is 7.11 Å². The second kappa shape index (κ2) is 5.25. The first-order valence-electron chi connectivity index (χ1n) is 6.12. The Morgan fingerprint density at radius 2 is 2.05 bits per heavy atom. The van der Waals surface area contributed by atoms with Gasteiger partial charge >= 0.3 is 0 Å². The van der Waals surface area contributed by atoms with E-state index in [4.69, 9.17) is 10.5 Å². The van der Waals surface area contributed by atoms with E-state index in [0.717, 1.165) is 27.0 Å². The molecule has 0 amide bonds. The Labute approximate surface area is 121 Å². The largest absolute Gasteiger partial charge is 0.496 e. The van der Waals surface area contributed by atoms with E-state index in [-0.39, 0.29) is 0 Å². The van der Waals surface area contributed by atoms with Gasteiger partial charge < -0.3 is 10.5 Å². The number of methoxy groups -OCH3 is 1. The lowest BCUT2D eigenvalue weighted by molar-refractivity contribution is 0.416. The van der Waals surface area contributed by atoms with Gasteiger partial charge in [-0.25, -0.2) is 0 Å². The first-order chi connectivity index (χ1) is 8.95. The van der Waals surface area contributed by atoms with Gasteiger partial charge in [0.1, 0.15) is 17.3 Å². The summed E-state index contributed by atoms with van der Waals surface area (Å²) in [4.78, 5) is 0. The Morgan fingerprint density at radius 1 is 1.37 bits per heavy atom. The fraction of sp³-hybridized carbons (Fsp3) is 0.357. The normalized spacial score (nSPS) is 11.1. The summed E-state index contributed by atoms with van der Waals surface area (Å²) in [6, 6.07) is 5.91. The van der Waals surface area contributed by atoms with Gasteiger partial charge in [0.25, 0.3) is 0 Å². The molecule has 2 N–H and O–H groups in total. The molecule has 1 heterocycles. The number of aromatic nitrogens is 2. The van der Waals surface area contributed by atoms with Gasteiger partial charge in [-0.1, -0.05) is 29.8 Å². The maximum Gasteiger partial charge on any atom is 0.129 e. The number of hydrogen-bond donors (Lipinski definition) is 1. The lowest BCUT2D eigenvalue weighted by Crippen LogP contribution is -2.00. The van der Waals surface area contributed by atoms with Crippen molar-refractivity contribution in [2.75, 3.05) is 12.8 Å². The van der Waals surface area contributed by atoms with Crippen LogP contribution in [-0.2, 0) is 7.05 Å². The van der Waals surface area contributed by atoms with Crippen LogP contribution in [0.2, 0.25) is 0 Å². The van der Waals surface area contributed by atoms with Gasteiger partial charge in [-0.05, 0) is 24.1 Å². The second-order valence-electron chi connectivity index (χ2n) is 4.77. The lowest BCUT2D eigenvalue weighted by atomic mass is 9.98. The highest BCUT2D eigenvalue weighted by molar-refractivity contribution is 9.10. The minimum atomic E-state index is 0.303. The van der Waals surface area contributed by atoms with Gasteiger partial charge in [-0.3, -0.25) is 4.68 Å². The first kappa shape index (κ1) is 13.9. The molecule has 0 aliphatic rings. The van der Waals surface area contributed by atoms with Crippen molar-refractivity contribution in [2.45, 2.75) is 19.8 Å². The first-order valence-corrected chi connectivity index (χ1v) is 6.91. The van der Waals surface area contributed by atoms with Gasteiger partial charge in [0.15, 0.2) is 0 Å². The summed E-state index contributed by atoms with van der Waals surface area (Å²) < 4.78 is 8.13. The smallest absolute Gasteiger partial charge is 0.129 e. The summed E-state index contributed by atoms with van der Waals surface area (Å²) in [5.41, 5.74) is 9.02. The van der Waals surface area contributed by atoms with E-state index in [9.17, 15) is 0 Å². The van der Waals surface area contributed by atoms with Crippen LogP contribution in [0.4, 0.5) is 5.82 Å². The molecular formula is C14H18BrN3O. The Bertz CT molecular complexity index is 605. The Kier molecular flexibility index (Phi) is 3.85. The SMILES string of the molecule is COc1cc(Br)ccc1-c1nn(C)c(N)c1C(C)C. The van der Waals surface area contributed by atoms with E-state index in [1.807, 2.05) is 25.2 Å². The number of hydrogen-bond acceptors (Lipinski definition) is 3. The van der Waals surface area contributed by atoms with Gasteiger partial charge in [-0.15, -0.1) is 0 Å². The molecule has 1 aromatic carbocycles. The molecule has 0 radical (unpaired) electrons. The predicted molar refractivity (Wildman–Crippen MR) is 81.4 cm³/mol. The third kappa shape index (κ3) is 2.47.